The van der Waals surface area contributed by atoms with Crippen LogP contribution >= 0.6 is 11.6 Å². The highest BCUT2D eigenvalue weighted by atomic mass is 35.5. The second kappa shape index (κ2) is 6.17. The molecule has 0 aliphatic heterocycles. The van der Waals surface area contributed by atoms with Gasteiger partial charge in [-0.1, -0.05) is 42.5 Å². The molecule has 72 valence electrons. The van der Waals surface area contributed by atoms with Crippen LogP contribution in [-0.4, -0.2) is 12.2 Å². The first kappa shape index (κ1) is 10.7. The van der Waals surface area contributed by atoms with Gasteiger partial charge >= 0.3 is 0 Å². The number of hydrogen-bond acceptors (Lipinski definition) is 1. The first-order valence-electron chi connectivity index (χ1n) is 4.31. The molecule has 0 radical (unpaired) electrons. The number of halogens is 1. The molecule has 0 amide bonds. The van der Waals surface area contributed by atoms with Crippen molar-refractivity contribution < 1.29 is 4.79 Å². The summed E-state index contributed by atoms with van der Waals surface area (Å²) in [4.78, 5) is 10.1. The maximum absolute atomic E-state index is 10.1. The van der Waals surface area contributed by atoms with E-state index in [4.69, 9.17) is 11.6 Å². The zero-order valence-electron chi connectivity index (χ0n) is 7.69. The number of rotatable bonds is 4. The first-order valence-corrected chi connectivity index (χ1v) is 4.84. The van der Waals surface area contributed by atoms with Crippen LogP contribution in [0.2, 0.25) is 0 Å². The van der Waals surface area contributed by atoms with Crippen LogP contribution in [0.15, 0.2) is 36.4 Å². The van der Waals surface area contributed by atoms with Crippen LogP contribution in [0.3, 0.4) is 0 Å². The quantitative estimate of drug-likeness (QED) is 0.420. The van der Waals surface area contributed by atoms with Crippen molar-refractivity contribution in [3.63, 3.8) is 0 Å². The van der Waals surface area contributed by atoms with Crippen LogP contribution in [0.4, 0.5) is 0 Å². The molecule has 0 bridgehead atoms. The van der Waals surface area contributed by atoms with Crippen molar-refractivity contribution in [2.24, 2.45) is 0 Å². The maximum Gasteiger partial charge on any atom is 0.142 e. The van der Waals surface area contributed by atoms with Gasteiger partial charge in [0.2, 0.25) is 0 Å². The molecule has 0 fully saturated rings. The summed E-state index contributed by atoms with van der Waals surface area (Å²) in [7, 11) is 0. The van der Waals surface area contributed by atoms with Crippen molar-refractivity contribution in [2.75, 3.05) is 5.88 Å². The minimum absolute atomic E-state index is 0.521. The minimum Gasteiger partial charge on any atom is -0.299 e. The van der Waals surface area contributed by atoms with Crippen LogP contribution in [0.5, 0.6) is 0 Å². The van der Waals surface area contributed by atoms with Crippen molar-refractivity contribution in [2.45, 2.75) is 0 Å². The van der Waals surface area contributed by atoms with Gasteiger partial charge in [-0.3, -0.25) is 4.79 Å². The molecule has 1 aromatic carbocycles. The third-order valence-electron chi connectivity index (χ3n) is 1.70. The summed E-state index contributed by atoms with van der Waals surface area (Å²) in [6.07, 6.45) is 7.85. The Morgan fingerprint density at radius 1 is 1.07 bits per heavy atom. The van der Waals surface area contributed by atoms with Crippen LogP contribution in [0.25, 0.3) is 12.2 Å². The summed E-state index contributed by atoms with van der Waals surface area (Å²) in [5, 5.41) is 0. The lowest BCUT2D eigenvalue weighted by atomic mass is 10.1. The molecule has 0 saturated carbocycles. The molecule has 0 atom stereocenters. The van der Waals surface area contributed by atoms with Crippen molar-refractivity contribution in [1.82, 2.24) is 0 Å². The summed E-state index contributed by atoms with van der Waals surface area (Å²) in [6.45, 7) is 0. The molecule has 0 spiro atoms. The molecule has 0 unspecified atom stereocenters. The maximum atomic E-state index is 10.1. The van der Waals surface area contributed by atoms with Crippen molar-refractivity contribution in [3.8, 4) is 0 Å². The second-order valence-corrected chi connectivity index (χ2v) is 3.03. The van der Waals surface area contributed by atoms with Gasteiger partial charge in [0, 0.05) is 5.88 Å². The van der Waals surface area contributed by atoms with Crippen LogP contribution in [-0.2, 0) is 4.79 Å². The van der Waals surface area contributed by atoms with E-state index < -0.39 is 0 Å². The fourth-order valence-corrected chi connectivity index (χ4v) is 1.14. The Hall–Kier alpha value is -1.34. The van der Waals surface area contributed by atoms with Gasteiger partial charge in [-0.25, -0.2) is 0 Å². The number of benzene rings is 1. The lowest BCUT2D eigenvalue weighted by molar-refractivity contribution is -0.104. The van der Waals surface area contributed by atoms with E-state index in [2.05, 4.69) is 0 Å². The Labute approximate surface area is 88.7 Å². The predicted molar refractivity (Wildman–Crippen MR) is 61.3 cm³/mol. The molecule has 0 aliphatic rings. The number of allylic oxidation sites excluding steroid dienone is 2. The lowest BCUT2D eigenvalue weighted by Gasteiger charge is -1.94. The van der Waals surface area contributed by atoms with E-state index in [9.17, 15) is 4.79 Å². The van der Waals surface area contributed by atoms with E-state index in [1.54, 1.807) is 6.08 Å². The highest BCUT2D eigenvalue weighted by molar-refractivity contribution is 6.19. The lowest BCUT2D eigenvalue weighted by Crippen LogP contribution is -1.75. The molecule has 1 rings (SSSR count). The van der Waals surface area contributed by atoms with Crippen molar-refractivity contribution in [1.29, 1.82) is 0 Å². The number of carbonyl (C=O) groups excluding carboxylic acids is 1. The summed E-state index contributed by atoms with van der Waals surface area (Å²) in [6, 6.07) is 7.86. The van der Waals surface area contributed by atoms with E-state index in [0.717, 1.165) is 17.4 Å². The standard InChI is InChI=1S/C12H11ClO/c13-9-1-3-11-5-7-12(8-6-11)4-2-10-14/h1-8,10H,9H2/b3-1?,4-2+. The third-order valence-corrected chi connectivity index (χ3v) is 1.88. The topological polar surface area (TPSA) is 17.1 Å². The Balaban J connectivity index is 2.73. The monoisotopic (exact) mass is 206 g/mol. The largest absolute Gasteiger partial charge is 0.299 e. The summed E-state index contributed by atoms with van der Waals surface area (Å²) in [5.41, 5.74) is 2.12. The normalized spacial score (nSPS) is 11.2. The zero-order valence-corrected chi connectivity index (χ0v) is 8.45. The average molecular weight is 207 g/mol. The number of hydrogen-bond donors (Lipinski definition) is 0. The molecule has 0 aromatic heterocycles. The molecule has 0 saturated heterocycles. The van der Waals surface area contributed by atoms with E-state index in [0.29, 0.717) is 5.88 Å². The molecular weight excluding hydrogens is 196 g/mol. The molecule has 1 aromatic rings. The highest BCUT2D eigenvalue weighted by Crippen LogP contribution is 2.07. The van der Waals surface area contributed by atoms with Gasteiger partial charge in [-0.2, -0.15) is 0 Å². The van der Waals surface area contributed by atoms with E-state index >= 15 is 0 Å². The van der Waals surface area contributed by atoms with Crippen molar-refractivity contribution >= 4 is 30.0 Å². The van der Waals surface area contributed by atoms with E-state index in [1.807, 2.05) is 36.4 Å². The predicted octanol–water partition coefficient (Wildman–Crippen LogP) is 3.15. The second-order valence-electron chi connectivity index (χ2n) is 2.72. The van der Waals surface area contributed by atoms with Gasteiger partial charge in [0.05, 0.1) is 0 Å². The van der Waals surface area contributed by atoms with Gasteiger partial charge in [0.25, 0.3) is 0 Å². The molecule has 0 aliphatic carbocycles. The fraction of sp³-hybridized carbons (Fsp3) is 0.0833. The summed E-state index contributed by atoms with van der Waals surface area (Å²) < 4.78 is 0. The minimum atomic E-state index is 0.521. The van der Waals surface area contributed by atoms with Crippen LogP contribution in [0, 0.1) is 0 Å². The molecule has 1 nitrogen and oxygen atoms in total. The number of aldehydes is 1. The smallest absolute Gasteiger partial charge is 0.142 e. The molecule has 14 heavy (non-hydrogen) atoms. The molecule has 0 N–H and O–H groups in total. The van der Waals surface area contributed by atoms with Gasteiger partial charge in [0.1, 0.15) is 6.29 Å². The van der Waals surface area contributed by atoms with Crippen LogP contribution < -0.4 is 0 Å². The van der Waals surface area contributed by atoms with Gasteiger partial charge in [-0.15, -0.1) is 11.6 Å². The van der Waals surface area contributed by atoms with E-state index in [1.165, 1.54) is 6.08 Å². The zero-order chi connectivity index (χ0) is 10.2. The third kappa shape index (κ3) is 3.58. The van der Waals surface area contributed by atoms with Gasteiger partial charge < -0.3 is 0 Å². The van der Waals surface area contributed by atoms with Crippen molar-refractivity contribution in [3.05, 3.63) is 47.5 Å². The fourth-order valence-electron chi connectivity index (χ4n) is 1.05. The Morgan fingerprint density at radius 3 is 2.14 bits per heavy atom. The Bertz CT molecular complexity index is 336. The first-order chi connectivity index (χ1) is 6.86. The van der Waals surface area contributed by atoms with Gasteiger partial charge in [0.15, 0.2) is 0 Å². The Kier molecular flexibility index (Phi) is 4.73. The molecule has 2 heteroatoms. The number of alkyl halides is 1. The van der Waals surface area contributed by atoms with Gasteiger partial charge in [-0.05, 0) is 17.2 Å². The van der Waals surface area contributed by atoms with Crippen LogP contribution in [0.1, 0.15) is 11.1 Å². The Morgan fingerprint density at radius 2 is 1.64 bits per heavy atom. The number of carbonyl (C=O) groups is 1. The molecule has 0 heterocycles. The summed E-state index contributed by atoms with van der Waals surface area (Å²) in [5.74, 6) is 0.521. The van der Waals surface area contributed by atoms with E-state index in [-0.39, 0.29) is 0 Å². The highest BCUT2D eigenvalue weighted by Gasteiger charge is 1.87. The SMILES string of the molecule is O=C/C=C/c1ccc(C=CCCl)cc1. The summed E-state index contributed by atoms with van der Waals surface area (Å²) >= 11 is 5.51. The molecular formula is C12H11ClO. The average Bonchev–Trinajstić information content (AvgIpc) is 2.25.